The van der Waals surface area contributed by atoms with Crippen molar-refractivity contribution in [3.8, 4) is 0 Å². The maximum atomic E-state index is 11.5. The monoisotopic (exact) mass is 271 g/mol. The van der Waals surface area contributed by atoms with Crippen molar-refractivity contribution in [2.24, 2.45) is 5.14 Å². The van der Waals surface area contributed by atoms with Crippen LogP contribution in [0.5, 0.6) is 0 Å². The van der Waals surface area contributed by atoms with Gasteiger partial charge in [-0.05, 0) is 31.0 Å². The van der Waals surface area contributed by atoms with Crippen LogP contribution in [0.4, 0.5) is 11.4 Å². The maximum Gasteiger partial charge on any atom is 0.238 e. The zero-order valence-corrected chi connectivity index (χ0v) is 10.9. The number of hydrogen-bond donors (Lipinski definition) is 3. The van der Waals surface area contributed by atoms with Gasteiger partial charge in [0.15, 0.2) is 0 Å². The van der Waals surface area contributed by atoms with Gasteiger partial charge in [0.05, 0.1) is 11.0 Å². The van der Waals surface area contributed by atoms with Crippen molar-refractivity contribution in [2.75, 3.05) is 23.7 Å². The first-order chi connectivity index (χ1) is 8.29. The number of nitrogen functional groups attached to an aromatic ring is 1. The molecule has 0 spiro atoms. The summed E-state index contributed by atoms with van der Waals surface area (Å²) in [5.41, 5.74) is 7.35. The highest BCUT2D eigenvalue weighted by Gasteiger charge is 2.24. The molecule has 7 heteroatoms. The standard InChI is InChI=1S/C11H17N3O3S/c1-7-10(14-3-2-9(15)6-14)4-8(12)5-11(7)18(13,16)17/h4-5,9,15H,2-3,6,12H2,1H3,(H2,13,16,17). The number of hydrogen-bond acceptors (Lipinski definition) is 5. The lowest BCUT2D eigenvalue weighted by Gasteiger charge is -2.22. The van der Waals surface area contributed by atoms with Gasteiger partial charge in [0.1, 0.15) is 0 Å². The Morgan fingerprint density at radius 3 is 2.61 bits per heavy atom. The third kappa shape index (κ3) is 2.43. The number of sulfonamides is 1. The van der Waals surface area contributed by atoms with Gasteiger partial charge in [0.25, 0.3) is 0 Å². The lowest BCUT2D eigenvalue weighted by atomic mass is 10.1. The van der Waals surface area contributed by atoms with Crippen LogP contribution < -0.4 is 15.8 Å². The van der Waals surface area contributed by atoms with Gasteiger partial charge in [0, 0.05) is 24.5 Å². The molecule has 1 heterocycles. The molecule has 0 amide bonds. The van der Waals surface area contributed by atoms with E-state index in [4.69, 9.17) is 10.9 Å². The summed E-state index contributed by atoms with van der Waals surface area (Å²) in [4.78, 5) is 1.96. The van der Waals surface area contributed by atoms with E-state index in [0.717, 1.165) is 5.69 Å². The fourth-order valence-electron chi connectivity index (χ4n) is 2.28. The zero-order chi connectivity index (χ0) is 13.5. The van der Waals surface area contributed by atoms with Crippen LogP contribution in [0.2, 0.25) is 0 Å². The SMILES string of the molecule is Cc1c(N2CCC(O)C2)cc(N)cc1S(N)(=O)=O. The van der Waals surface area contributed by atoms with Crippen molar-refractivity contribution in [1.82, 2.24) is 0 Å². The summed E-state index contributed by atoms with van der Waals surface area (Å²) in [5.74, 6) is 0. The van der Waals surface area contributed by atoms with E-state index in [-0.39, 0.29) is 11.0 Å². The Morgan fingerprint density at radius 1 is 1.44 bits per heavy atom. The van der Waals surface area contributed by atoms with E-state index in [1.165, 1.54) is 6.07 Å². The normalized spacial score (nSPS) is 20.4. The molecule has 1 aromatic carbocycles. The summed E-state index contributed by atoms with van der Waals surface area (Å²) in [7, 11) is -3.79. The lowest BCUT2D eigenvalue weighted by molar-refractivity contribution is 0.198. The number of benzene rings is 1. The molecule has 6 nitrogen and oxygen atoms in total. The van der Waals surface area contributed by atoms with Crippen LogP contribution in [0.15, 0.2) is 17.0 Å². The summed E-state index contributed by atoms with van der Waals surface area (Å²) in [6.45, 7) is 2.85. The van der Waals surface area contributed by atoms with Crippen LogP contribution in [0.3, 0.4) is 0 Å². The van der Waals surface area contributed by atoms with Crippen LogP contribution >= 0.6 is 0 Å². The molecule has 1 aliphatic rings. The van der Waals surface area contributed by atoms with E-state index in [9.17, 15) is 13.5 Å². The van der Waals surface area contributed by atoms with Gasteiger partial charge < -0.3 is 15.7 Å². The highest BCUT2D eigenvalue weighted by atomic mass is 32.2. The molecule has 18 heavy (non-hydrogen) atoms. The number of primary sulfonamides is 1. The molecule has 100 valence electrons. The van der Waals surface area contributed by atoms with Crippen molar-refractivity contribution in [3.05, 3.63) is 17.7 Å². The number of anilines is 2. The first-order valence-electron chi connectivity index (χ1n) is 5.65. The highest BCUT2D eigenvalue weighted by Crippen LogP contribution is 2.31. The number of β-amino-alcohol motifs (C(OH)–C–C–N with tert-alkyl or cyclic N) is 1. The zero-order valence-electron chi connectivity index (χ0n) is 10.1. The van der Waals surface area contributed by atoms with Crippen molar-refractivity contribution in [2.45, 2.75) is 24.3 Å². The smallest absolute Gasteiger partial charge is 0.238 e. The van der Waals surface area contributed by atoms with Gasteiger partial charge in [-0.2, -0.15) is 0 Å². The van der Waals surface area contributed by atoms with Crippen LogP contribution in [-0.4, -0.2) is 32.7 Å². The minimum Gasteiger partial charge on any atom is -0.399 e. The van der Waals surface area contributed by atoms with E-state index in [1.54, 1.807) is 13.0 Å². The van der Waals surface area contributed by atoms with Crippen LogP contribution in [0.1, 0.15) is 12.0 Å². The molecule has 1 saturated heterocycles. The minimum atomic E-state index is -3.79. The third-order valence-electron chi connectivity index (χ3n) is 3.17. The van der Waals surface area contributed by atoms with Gasteiger partial charge in [-0.15, -0.1) is 0 Å². The molecule has 0 saturated carbocycles. The van der Waals surface area contributed by atoms with Crippen molar-refractivity contribution in [1.29, 1.82) is 0 Å². The van der Waals surface area contributed by atoms with Crippen molar-refractivity contribution < 1.29 is 13.5 Å². The second-order valence-electron chi connectivity index (χ2n) is 4.60. The molecule has 0 bridgehead atoms. The number of aliphatic hydroxyl groups is 1. The van der Waals surface area contributed by atoms with Gasteiger partial charge in [-0.3, -0.25) is 0 Å². The van der Waals surface area contributed by atoms with Crippen LogP contribution in [0.25, 0.3) is 0 Å². The molecule has 2 rings (SSSR count). The largest absolute Gasteiger partial charge is 0.399 e. The van der Waals surface area contributed by atoms with Gasteiger partial charge in [0.2, 0.25) is 10.0 Å². The van der Waals surface area contributed by atoms with E-state index < -0.39 is 10.0 Å². The Morgan fingerprint density at radius 2 is 2.11 bits per heavy atom. The van der Waals surface area contributed by atoms with E-state index in [0.29, 0.717) is 30.8 Å². The molecular weight excluding hydrogens is 254 g/mol. The topological polar surface area (TPSA) is 110 Å². The summed E-state index contributed by atoms with van der Waals surface area (Å²) >= 11 is 0. The Balaban J connectivity index is 2.52. The van der Waals surface area contributed by atoms with E-state index in [2.05, 4.69) is 0 Å². The average molecular weight is 271 g/mol. The highest BCUT2D eigenvalue weighted by molar-refractivity contribution is 7.89. The van der Waals surface area contributed by atoms with Crippen LogP contribution in [-0.2, 0) is 10.0 Å². The minimum absolute atomic E-state index is 0.0406. The molecular formula is C11H17N3O3S. The van der Waals surface area contributed by atoms with Gasteiger partial charge >= 0.3 is 0 Å². The fraction of sp³-hybridized carbons (Fsp3) is 0.455. The molecule has 5 N–H and O–H groups in total. The second kappa shape index (κ2) is 4.42. The third-order valence-corrected chi connectivity index (χ3v) is 4.20. The van der Waals surface area contributed by atoms with Gasteiger partial charge in [-0.1, -0.05) is 0 Å². The Hall–Kier alpha value is -1.31. The Labute approximate surface area is 106 Å². The van der Waals surface area contributed by atoms with E-state index >= 15 is 0 Å². The first kappa shape index (κ1) is 13.1. The number of aliphatic hydroxyl groups excluding tert-OH is 1. The Bertz CT molecular complexity index is 571. The fourth-order valence-corrected chi connectivity index (χ4v) is 3.11. The quantitative estimate of drug-likeness (QED) is 0.645. The summed E-state index contributed by atoms with van der Waals surface area (Å²) in [6, 6.07) is 3.07. The number of rotatable bonds is 2. The average Bonchev–Trinajstić information content (AvgIpc) is 2.66. The molecule has 0 aromatic heterocycles. The van der Waals surface area contributed by atoms with Gasteiger partial charge in [-0.25, -0.2) is 13.6 Å². The van der Waals surface area contributed by atoms with Crippen LogP contribution in [0, 0.1) is 6.92 Å². The molecule has 1 aliphatic heterocycles. The summed E-state index contributed by atoms with van der Waals surface area (Å²) in [6.07, 6.45) is 0.280. The summed E-state index contributed by atoms with van der Waals surface area (Å²) < 4.78 is 23.0. The molecule has 0 radical (unpaired) electrons. The predicted octanol–water partition coefficient (Wildman–Crippen LogP) is -0.204. The number of nitrogens with two attached hydrogens (primary N) is 2. The van der Waals surface area contributed by atoms with Crippen molar-refractivity contribution >= 4 is 21.4 Å². The maximum absolute atomic E-state index is 11.5. The number of nitrogens with zero attached hydrogens (tertiary/aromatic N) is 1. The van der Waals surface area contributed by atoms with Crippen molar-refractivity contribution in [3.63, 3.8) is 0 Å². The summed E-state index contributed by atoms with van der Waals surface area (Å²) in [5, 5.41) is 14.7. The van der Waals surface area contributed by atoms with E-state index in [1.807, 2.05) is 4.90 Å². The second-order valence-corrected chi connectivity index (χ2v) is 6.13. The molecule has 1 atom stereocenters. The molecule has 1 fully saturated rings. The lowest BCUT2D eigenvalue weighted by Crippen LogP contribution is -2.23. The molecule has 1 aromatic rings. The predicted molar refractivity (Wildman–Crippen MR) is 69.8 cm³/mol. The molecule has 0 aliphatic carbocycles. The first-order valence-corrected chi connectivity index (χ1v) is 7.19. The Kier molecular flexibility index (Phi) is 3.22. The molecule has 1 unspecified atom stereocenters.